The molecule has 0 radical (unpaired) electrons. The van der Waals surface area contributed by atoms with Gasteiger partial charge in [0.25, 0.3) is 0 Å². The molecule has 3 heteroatoms. The molecule has 1 fully saturated rings. The van der Waals surface area contributed by atoms with Crippen molar-refractivity contribution in [3.8, 4) is 0 Å². The third-order valence-electron chi connectivity index (χ3n) is 4.65. The van der Waals surface area contributed by atoms with Crippen LogP contribution in [0.1, 0.15) is 32.6 Å². The number of alkyl halides is 2. The Morgan fingerprint density at radius 1 is 1.56 bits per heavy atom. The summed E-state index contributed by atoms with van der Waals surface area (Å²) >= 11 is 7.33. The first-order valence-corrected chi connectivity index (χ1v) is 8.80. The second-order valence-electron chi connectivity index (χ2n) is 5.71. The molecule has 0 aromatic rings. The molecular formula is C15H20Br2O. The fraction of sp³-hybridized carbons (Fsp3) is 0.667. The van der Waals surface area contributed by atoms with E-state index in [0.29, 0.717) is 24.0 Å². The molecule has 2 aliphatic rings. The van der Waals surface area contributed by atoms with Gasteiger partial charge in [0.05, 0.1) is 0 Å². The number of hydrogen-bond donors (Lipinski definition) is 0. The van der Waals surface area contributed by atoms with Crippen LogP contribution in [0.15, 0.2) is 23.8 Å². The summed E-state index contributed by atoms with van der Waals surface area (Å²) in [7, 11) is 0. The van der Waals surface area contributed by atoms with Crippen LogP contribution in [0.3, 0.4) is 0 Å². The van der Waals surface area contributed by atoms with Crippen LogP contribution in [-0.4, -0.2) is 16.4 Å². The van der Waals surface area contributed by atoms with Crippen molar-refractivity contribution in [3.05, 3.63) is 23.8 Å². The Balaban J connectivity index is 2.42. The van der Waals surface area contributed by atoms with Gasteiger partial charge in [-0.25, -0.2) is 0 Å². The molecule has 0 bridgehead atoms. The van der Waals surface area contributed by atoms with Gasteiger partial charge in [-0.05, 0) is 43.6 Å². The molecule has 3 atom stereocenters. The molecular weight excluding hydrogens is 356 g/mol. The van der Waals surface area contributed by atoms with E-state index in [4.69, 9.17) is 0 Å². The van der Waals surface area contributed by atoms with E-state index >= 15 is 0 Å². The van der Waals surface area contributed by atoms with Gasteiger partial charge in [0.2, 0.25) is 0 Å². The van der Waals surface area contributed by atoms with E-state index in [2.05, 4.69) is 51.4 Å². The average Bonchev–Trinajstić information content (AvgIpc) is 2.37. The van der Waals surface area contributed by atoms with Gasteiger partial charge in [-0.15, -0.1) is 0 Å². The lowest BCUT2D eigenvalue weighted by Crippen LogP contribution is -2.45. The summed E-state index contributed by atoms with van der Waals surface area (Å²) in [4.78, 5) is 12.4. The number of fused-ring (bicyclic) bond motifs is 1. The summed E-state index contributed by atoms with van der Waals surface area (Å²) < 4.78 is 0. The van der Waals surface area contributed by atoms with Crippen molar-refractivity contribution in [2.45, 2.75) is 32.6 Å². The van der Waals surface area contributed by atoms with Crippen molar-refractivity contribution >= 4 is 37.6 Å². The molecule has 0 aromatic carbocycles. The fourth-order valence-corrected chi connectivity index (χ4v) is 5.38. The van der Waals surface area contributed by atoms with Crippen molar-refractivity contribution in [2.75, 3.05) is 10.7 Å². The summed E-state index contributed by atoms with van der Waals surface area (Å²) in [6.45, 7) is 6.12. The van der Waals surface area contributed by atoms with Gasteiger partial charge in [0.1, 0.15) is 0 Å². The maximum absolute atomic E-state index is 12.4. The highest BCUT2D eigenvalue weighted by Gasteiger charge is 2.49. The minimum absolute atomic E-state index is 0.0285. The highest BCUT2D eigenvalue weighted by molar-refractivity contribution is 9.09. The normalized spacial score (nSPS) is 35.9. The third-order valence-corrected chi connectivity index (χ3v) is 6.43. The highest BCUT2D eigenvalue weighted by atomic mass is 79.9. The van der Waals surface area contributed by atoms with E-state index in [9.17, 15) is 4.79 Å². The quantitative estimate of drug-likeness (QED) is 0.518. The molecule has 3 unspecified atom stereocenters. The van der Waals surface area contributed by atoms with Crippen molar-refractivity contribution in [1.82, 2.24) is 0 Å². The van der Waals surface area contributed by atoms with Crippen LogP contribution in [0.25, 0.3) is 0 Å². The Labute approximate surface area is 126 Å². The Morgan fingerprint density at radius 3 is 2.83 bits per heavy atom. The minimum atomic E-state index is 0.0285. The number of carbonyl (C=O) groups excluding carboxylic acids is 1. The van der Waals surface area contributed by atoms with E-state index in [0.717, 1.165) is 34.6 Å². The molecule has 0 saturated heterocycles. The van der Waals surface area contributed by atoms with Crippen molar-refractivity contribution in [1.29, 1.82) is 0 Å². The highest BCUT2D eigenvalue weighted by Crippen LogP contribution is 2.53. The van der Waals surface area contributed by atoms with Crippen LogP contribution in [0, 0.1) is 17.3 Å². The molecule has 0 N–H and O–H groups in total. The number of carbonyl (C=O) groups is 1. The van der Waals surface area contributed by atoms with Crippen LogP contribution in [0.4, 0.5) is 0 Å². The minimum Gasteiger partial charge on any atom is -0.295 e. The van der Waals surface area contributed by atoms with Gasteiger partial charge < -0.3 is 0 Å². The number of ketones is 1. The Bertz CT molecular complexity index is 399. The maximum atomic E-state index is 12.4. The molecule has 1 saturated carbocycles. The monoisotopic (exact) mass is 374 g/mol. The van der Waals surface area contributed by atoms with Crippen LogP contribution in [-0.2, 0) is 4.79 Å². The molecule has 0 heterocycles. The molecule has 18 heavy (non-hydrogen) atoms. The van der Waals surface area contributed by atoms with Crippen LogP contribution >= 0.6 is 31.9 Å². The second-order valence-corrected chi connectivity index (χ2v) is 6.92. The van der Waals surface area contributed by atoms with Crippen molar-refractivity contribution < 1.29 is 4.79 Å². The van der Waals surface area contributed by atoms with Crippen molar-refractivity contribution in [3.63, 3.8) is 0 Å². The molecule has 1 nitrogen and oxygen atoms in total. The van der Waals surface area contributed by atoms with E-state index in [-0.39, 0.29) is 5.41 Å². The first kappa shape index (κ1) is 14.5. The Kier molecular flexibility index (Phi) is 4.53. The van der Waals surface area contributed by atoms with Crippen LogP contribution in [0.5, 0.6) is 0 Å². The average molecular weight is 376 g/mol. The molecule has 100 valence electrons. The van der Waals surface area contributed by atoms with E-state index < -0.39 is 0 Å². The topological polar surface area (TPSA) is 17.1 Å². The molecule has 0 aromatic heterocycles. The van der Waals surface area contributed by atoms with Gasteiger partial charge in [0.15, 0.2) is 5.78 Å². The molecule has 2 aliphatic carbocycles. The molecule has 2 rings (SSSR count). The Hall–Kier alpha value is 0.110. The number of rotatable bonds is 3. The van der Waals surface area contributed by atoms with Gasteiger partial charge in [-0.1, -0.05) is 50.1 Å². The fourth-order valence-electron chi connectivity index (χ4n) is 3.45. The summed E-state index contributed by atoms with van der Waals surface area (Å²) in [5.41, 5.74) is 2.27. The predicted molar refractivity (Wildman–Crippen MR) is 83.4 cm³/mol. The van der Waals surface area contributed by atoms with Gasteiger partial charge in [-0.3, -0.25) is 4.79 Å². The van der Waals surface area contributed by atoms with Gasteiger partial charge >= 0.3 is 0 Å². The van der Waals surface area contributed by atoms with Gasteiger partial charge in [-0.2, -0.15) is 0 Å². The zero-order valence-electron chi connectivity index (χ0n) is 10.8. The summed E-state index contributed by atoms with van der Waals surface area (Å²) in [6.07, 6.45) is 6.14. The number of hydrogen-bond acceptors (Lipinski definition) is 1. The maximum Gasteiger partial charge on any atom is 0.159 e. The van der Waals surface area contributed by atoms with E-state index in [1.807, 2.05) is 0 Å². The number of halogens is 2. The predicted octanol–water partition coefficient (Wildman–Crippen LogP) is 4.65. The summed E-state index contributed by atoms with van der Waals surface area (Å²) in [5, 5.41) is 1.86. The number of allylic oxidation sites excluding steroid dienone is 3. The SMILES string of the molecule is C=C(C)C1CC(=O)C2=CCCC(CBr)C2(CBr)C1. The zero-order chi connectivity index (χ0) is 13.3. The van der Waals surface area contributed by atoms with Crippen molar-refractivity contribution in [2.24, 2.45) is 17.3 Å². The zero-order valence-corrected chi connectivity index (χ0v) is 14.0. The first-order valence-electron chi connectivity index (χ1n) is 6.56. The summed E-state index contributed by atoms with van der Waals surface area (Å²) in [5.74, 6) is 1.26. The lowest BCUT2D eigenvalue weighted by molar-refractivity contribution is -0.120. The number of Topliss-reactive ketones (excluding diaryl/α,β-unsaturated/α-hetero) is 1. The first-order chi connectivity index (χ1) is 8.55. The van der Waals surface area contributed by atoms with Crippen LogP contribution < -0.4 is 0 Å². The van der Waals surface area contributed by atoms with E-state index in [1.165, 1.54) is 6.42 Å². The largest absolute Gasteiger partial charge is 0.295 e. The van der Waals surface area contributed by atoms with E-state index in [1.54, 1.807) is 0 Å². The summed E-state index contributed by atoms with van der Waals surface area (Å²) in [6, 6.07) is 0. The lowest BCUT2D eigenvalue weighted by atomic mass is 9.57. The molecule has 0 spiro atoms. The molecule has 0 amide bonds. The van der Waals surface area contributed by atoms with Gasteiger partial charge in [0, 0.05) is 22.5 Å². The standard InChI is InChI=1S/C15H20Br2O/c1-10(2)11-6-14(18)13-5-3-4-12(8-16)15(13,7-11)9-17/h5,11-12H,1,3-4,6-9H2,2H3. The lowest BCUT2D eigenvalue weighted by Gasteiger charge is -2.48. The van der Waals surface area contributed by atoms with Crippen LogP contribution in [0.2, 0.25) is 0 Å². The Morgan fingerprint density at radius 2 is 2.28 bits per heavy atom. The smallest absolute Gasteiger partial charge is 0.159 e. The second kappa shape index (κ2) is 5.62. The third kappa shape index (κ3) is 2.29. The molecule has 0 aliphatic heterocycles.